The molecule has 0 aliphatic heterocycles. The van der Waals surface area contributed by atoms with Crippen LogP contribution >= 0.6 is 0 Å². The van der Waals surface area contributed by atoms with Crippen molar-refractivity contribution in [2.24, 2.45) is 18.9 Å². The Morgan fingerprint density at radius 1 is 1.09 bits per heavy atom. The number of furan rings is 1. The van der Waals surface area contributed by atoms with Gasteiger partial charge in [0.15, 0.2) is 0 Å². The Morgan fingerprint density at radius 2 is 1.79 bits per heavy atom. The van der Waals surface area contributed by atoms with Crippen LogP contribution in [0.3, 0.4) is 0 Å². The summed E-state index contributed by atoms with van der Waals surface area (Å²) in [6, 6.07) is 7.26. The number of amides is 2. The highest BCUT2D eigenvalue weighted by Crippen LogP contribution is 2.22. The molecule has 1 aromatic carbocycles. The van der Waals surface area contributed by atoms with E-state index >= 15 is 0 Å². The number of aromatic nitrogens is 2. The number of fused-ring (bicyclic) bond motifs is 1. The predicted molar refractivity (Wildman–Crippen MR) is 134 cm³/mol. The maximum atomic E-state index is 14.0. The van der Waals surface area contributed by atoms with E-state index in [1.807, 2.05) is 47.0 Å². The summed E-state index contributed by atoms with van der Waals surface area (Å²) < 4.78 is 7.42. The van der Waals surface area contributed by atoms with Gasteiger partial charge in [-0.1, -0.05) is 33.8 Å². The van der Waals surface area contributed by atoms with Gasteiger partial charge in [0.2, 0.25) is 11.8 Å². The molecular formula is C27H38N4O3. The number of rotatable bonds is 11. The number of imidazole rings is 1. The van der Waals surface area contributed by atoms with Crippen LogP contribution in [0.4, 0.5) is 0 Å². The predicted octanol–water partition coefficient (Wildman–Crippen LogP) is 4.66. The van der Waals surface area contributed by atoms with Crippen molar-refractivity contribution in [3.05, 3.63) is 54.3 Å². The first-order valence-corrected chi connectivity index (χ1v) is 12.1. The second kappa shape index (κ2) is 11.4. The van der Waals surface area contributed by atoms with Crippen molar-refractivity contribution in [2.45, 2.75) is 60.0 Å². The summed E-state index contributed by atoms with van der Waals surface area (Å²) in [6.07, 6.45) is 6.45. The van der Waals surface area contributed by atoms with Gasteiger partial charge in [0, 0.05) is 50.9 Å². The zero-order valence-corrected chi connectivity index (χ0v) is 21.3. The van der Waals surface area contributed by atoms with E-state index in [0.29, 0.717) is 44.3 Å². The number of carbonyl (C=O) groups is 2. The largest absolute Gasteiger partial charge is 0.464 e. The smallest absolute Gasteiger partial charge is 0.245 e. The molecule has 2 amide bonds. The number of hydrogen-bond donors (Lipinski definition) is 0. The highest BCUT2D eigenvalue weighted by molar-refractivity contribution is 5.87. The molecule has 34 heavy (non-hydrogen) atoms. The van der Waals surface area contributed by atoms with E-state index in [4.69, 9.17) is 4.42 Å². The van der Waals surface area contributed by atoms with Crippen molar-refractivity contribution < 1.29 is 14.0 Å². The van der Waals surface area contributed by atoms with Crippen LogP contribution in [-0.2, 0) is 29.6 Å². The minimum Gasteiger partial charge on any atom is -0.464 e. The van der Waals surface area contributed by atoms with Crippen molar-refractivity contribution in [3.63, 3.8) is 0 Å². The molecule has 0 saturated heterocycles. The molecule has 0 N–H and O–H groups in total. The maximum absolute atomic E-state index is 14.0. The first kappa shape index (κ1) is 25.5. The van der Waals surface area contributed by atoms with Gasteiger partial charge in [-0.25, -0.2) is 4.98 Å². The quantitative estimate of drug-likeness (QED) is 0.412. The van der Waals surface area contributed by atoms with E-state index in [1.165, 1.54) is 0 Å². The summed E-state index contributed by atoms with van der Waals surface area (Å²) in [7, 11) is 1.95. The Labute approximate surface area is 202 Å². The molecule has 0 radical (unpaired) electrons. The summed E-state index contributed by atoms with van der Waals surface area (Å²) in [4.78, 5) is 34.8. The van der Waals surface area contributed by atoms with E-state index in [1.54, 1.807) is 24.4 Å². The monoisotopic (exact) mass is 466 g/mol. The van der Waals surface area contributed by atoms with Gasteiger partial charge in [0.25, 0.3) is 0 Å². The van der Waals surface area contributed by atoms with E-state index < -0.39 is 6.04 Å². The van der Waals surface area contributed by atoms with Gasteiger partial charge in [-0.05, 0) is 48.4 Å². The maximum Gasteiger partial charge on any atom is 0.245 e. The molecule has 3 rings (SSSR count). The standard InChI is InChI=1S/C27H38N4O3/c1-19(2)15-30(16-20(3)4)27(33)25(9-8-24-14-28-18-29(24)6)31(21(5)32)17-22-7-10-26-23(13-22)11-12-34-26/h7,10-14,18-20,25H,8-9,15-17H2,1-6H3/t25-/m0/s1. The average molecular weight is 467 g/mol. The van der Waals surface area contributed by atoms with Gasteiger partial charge < -0.3 is 18.8 Å². The molecule has 0 bridgehead atoms. The Balaban J connectivity index is 1.92. The number of aryl methyl sites for hydroxylation is 2. The van der Waals surface area contributed by atoms with Crippen molar-refractivity contribution in [1.82, 2.24) is 19.4 Å². The van der Waals surface area contributed by atoms with Crippen LogP contribution in [0.25, 0.3) is 11.0 Å². The number of hydrogen-bond acceptors (Lipinski definition) is 4. The van der Waals surface area contributed by atoms with Crippen molar-refractivity contribution in [3.8, 4) is 0 Å². The number of nitrogens with zero attached hydrogens (tertiary/aromatic N) is 4. The molecule has 2 aromatic heterocycles. The Hall–Kier alpha value is -3.09. The summed E-state index contributed by atoms with van der Waals surface area (Å²) in [5.41, 5.74) is 2.82. The number of carbonyl (C=O) groups excluding carboxylic acids is 2. The molecule has 2 heterocycles. The summed E-state index contributed by atoms with van der Waals surface area (Å²) in [5.74, 6) is 0.596. The molecule has 0 spiro atoms. The number of benzene rings is 1. The van der Waals surface area contributed by atoms with Crippen LogP contribution in [-0.4, -0.2) is 50.3 Å². The van der Waals surface area contributed by atoms with Gasteiger partial charge in [-0.3, -0.25) is 9.59 Å². The zero-order chi connectivity index (χ0) is 24.8. The van der Waals surface area contributed by atoms with E-state index in [-0.39, 0.29) is 11.8 Å². The molecule has 184 valence electrons. The van der Waals surface area contributed by atoms with E-state index in [2.05, 4.69) is 32.7 Å². The second-order valence-electron chi connectivity index (χ2n) is 10.0. The molecular weight excluding hydrogens is 428 g/mol. The third-order valence-corrected chi connectivity index (χ3v) is 6.01. The molecule has 0 unspecified atom stereocenters. The van der Waals surface area contributed by atoms with Crippen molar-refractivity contribution in [1.29, 1.82) is 0 Å². The average Bonchev–Trinajstić information content (AvgIpc) is 3.39. The minimum atomic E-state index is -0.551. The second-order valence-corrected chi connectivity index (χ2v) is 10.0. The molecule has 7 heteroatoms. The summed E-state index contributed by atoms with van der Waals surface area (Å²) in [6.45, 7) is 11.7. The van der Waals surface area contributed by atoms with Crippen LogP contribution in [0.1, 0.15) is 52.3 Å². The summed E-state index contributed by atoms with van der Waals surface area (Å²) >= 11 is 0. The summed E-state index contributed by atoms with van der Waals surface area (Å²) in [5, 5.41) is 0.986. The fourth-order valence-electron chi connectivity index (χ4n) is 4.42. The van der Waals surface area contributed by atoms with E-state index in [9.17, 15) is 9.59 Å². The van der Waals surface area contributed by atoms with Gasteiger partial charge >= 0.3 is 0 Å². The Bertz CT molecular complexity index is 1090. The highest BCUT2D eigenvalue weighted by Gasteiger charge is 2.32. The molecule has 3 aromatic rings. The fraction of sp³-hybridized carbons (Fsp3) is 0.519. The van der Waals surface area contributed by atoms with Gasteiger partial charge in [-0.15, -0.1) is 0 Å². The lowest BCUT2D eigenvalue weighted by Crippen LogP contribution is -2.52. The van der Waals surface area contributed by atoms with Crippen LogP contribution in [0.2, 0.25) is 0 Å². The lowest BCUT2D eigenvalue weighted by atomic mass is 10.0. The lowest BCUT2D eigenvalue weighted by molar-refractivity contribution is -0.146. The van der Waals surface area contributed by atoms with Crippen molar-refractivity contribution in [2.75, 3.05) is 13.1 Å². The minimum absolute atomic E-state index is 0.0177. The third kappa shape index (κ3) is 6.49. The fourth-order valence-corrected chi connectivity index (χ4v) is 4.42. The zero-order valence-electron chi connectivity index (χ0n) is 21.3. The van der Waals surface area contributed by atoms with Crippen molar-refractivity contribution >= 4 is 22.8 Å². The van der Waals surface area contributed by atoms with Crippen LogP contribution in [0.5, 0.6) is 0 Å². The molecule has 0 saturated carbocycles. The van der Waals surface area contributed by atoms with Crippen LogP contribution in [0.15, 0.2) is 47.5 Å². The van der Waals surface area contributed by atoms with Gasteiger partial charge in [0.1, 0.15) is 11.6 Å². The lowest BCUT2D eigenvalue weighted by Gasteiger charge is -2.36. The highest BCUT2D eigenvalue weighted by atomic mass is 16.3. The SMILES string of the molecule is CC(=O)N(Cc1ccc2occc2c1)[C@@H](CCc1cncn1C)C(=O)N(CC(C)C)CC(C)C. The normalized spacial score (nSPS) is 12.5. The van der Waals surface area contributed by atoms with Gasteiger partial charge in [-0.2, -0.15) is 0 Å². The first-order valence-electron chi connectivity index (χ1n) is 12.1. The topological polar surface area (TPSA) is 71.6 Å². The molecule has 0 aliphatic rings. The van der Waals surface area contributed by atoms with Gasteiger partial charge in [0.05, 0.1) is 12.6 Å². The Kier molecular flexibility index (Phi) is 8.53. The van der Waals surface area contributed by atoms with E-state index in [0.717, 1.165) is 22.2 Å². The Morgan fingerprint density at radius 3 is 2.38 bits per heavy atom. The molecule has 0 fully saturated rings. The third-order valence-electron chi connectivity index (χ3n) is 6.01. The van der Waals surface area contributed by atoms with Crippen LogP contribution in [0, 0.1) is 11.8 Å². The molecule has 7 nitrogen and oxygen atoms in total. The molecule has 0 aliphatic carbocycles. The first-order chi connectivity index (χ1) is 16.2. The van der Waals surface area contributed by atoms with Crippen LogP contribution < -0.4 is 0 Å². The molecule has 1 atom stereocenters.